The zero-order valence-electron chi connectivity index (χ0n) is 8.73. The Balaban J connectivity index is 2.75. The molecular weight excluding hydrogens is 230 g/mol. The molecule has 5 heteroatoms. The number of carbonyl (C=O) groups is 1. The van der Waals surface area contributed by atoms with Crippen molar-refractivity contribution in [2.45, 2.75) is 12.1 Å². The molecule has 0 amide bonds. The zero-order valence-corrected chi connectivity index (χ0v) is 9.48. The van der Waals surface area contributed by atoms with Crippen LogP contribution >= 0.6 is 11.6 Å². The Hall–Kier alpha value is -1.10. The van der Waals surface area contributed by atoms with Gasteiger partial charge in [0.05, 0.1) is 6.61 Å². The first-order valence-corrected chi connectivity index (χ1v) is 5.38. The Morgan fingerprint density at radius 2 is 2.06 bits per heavy atom. The maximum atomic E-state index is 11.0. The van der Waals surface area contributed by atoms with Crippen molar-refractivity contribution < 1.29 is 14.6 Å². The average Bonchev–Trinajstić information content (AvgIpc) is 2.27. The van der Waals surface area contributed by atoms with E-state index in [9.17, 15) is 4.79 Å². The number of halogens is 1. The number of aliphatic carboxylic acids is 1. The summed E-state index contributed by atoms with van der Waals surface area (Å²) in [5.74, 6) is -0.984. The summed E-state index contributed by atoms with van der Waals surface area (Å²) in [7, 11) is 0. The number of nitrogens with two attached hydrogens (primary N) is 1. The maximum Gasteiger partial charge on any atom is 0.351 e. The predicted octanol–water partition coefficient (Wildman–Crippen LogP) is 1.22. The van der Waals surface area contributed by atoms with Gasteiger partial charge in [-0.05, 0) is 5.56 Å². The monoisotopic (exact) mass is 243 g/mol. The molecule has 0 saturated heterocycles. The molecule has 0 spiro atoms. The van der Waals surface area contributed by atoms with Crippen molar-refractivity contribution in [3.63, 3.8) is 0 Å². The van der Waals surface area contributed by atoms with Gasteiger partial charge in [0.15, 0.2) is 0 Å². The predicted molar refractivity (Wildman–Crippen MR) is 61.4 cm³/mol. The van der Waals surface area contributed by atoms with Crippen LogP contribution in [0.2, 0.25) is 0 Å². The molecular formula is C11H14ClNO3. The second-order valence-electron chi connectivity index (χ2n) is 3.39. The summed E-state index contributed by atoms with van der Waals surface area (Å²) in [4.78, 5) is 11.0. The lowest BCUT2D eigenvalue weighted by molar-refractivity contribution is -0.164. The number of benzene rings is 1. The lowest BCUT2D eigenvalue weighted by atomic mass is 10.0. The molecule has 88 valence electrons. The number of hydrogen-bond donors (Lipinski definition) is 2. The van der Waals surface area contributed by atoms with E-state index < -0.39 is 11.7 Å². The van der Waals surface area contributed by atoms with E-state index in [1.54, 1.807) is 12.1 Å². The van der Waals surface area contributed by atoms with E-state index in [0.29, 0.717) is 0 Å². The van der Waals surface area contributed by atoms with E-state index in [0.717, 1.165) is 5.56 Å². The van der Waals surface area contributed by atoms with E-state index in [1.807, 2.05) is 18.2 Å². The topological polar surface area (TPSA) is 72.5 Å². The van der Waals surface area contributed by atoms with Crippen LogP contribution in [0.1, 0.15) is 5.56 Å². The number of ether oxygens (including phenoxy) is 1. The number of rotatable bonds is 6. The minimum Gasteiger partial charge on any atom is -0.478 e. The Morgan fingerprint density at radius 3 is 2.56 bits per heavy atom. The Labute approximate surface area is 99.0 Å². The van der Waals surface area contributed by atoms with Crippen LogP contribution in [0.5, 0.6) is 0 Å². The second kappa shape index (κ2) is 5.84. The van der Waals surface area contributed by atoms with Crippen LogP contribution in [0.25, 0.3) is 0 Å². The molecule has 1 aromatic rings. The summed E-state index contributed by atoms with van der Waals surface area (Å²) in [6.45, 7) is 0.108. The molecule has 0 heterocycles. The van der Waals surface area contributed by atoms with Gasteiger partial charge in [0.25, 0.3) is 0 Å². The van der Waals surface area contributed by atoms with E-state index >= 15 is 0 Å². The third-order valence-corrected chi connectivity index (χ3v) is 2.26. The van der Waals surface area contributed by atoms with Crippen molar-refractivity contribution in [3.05, 3.63) is 35.9 Å². The minimum absolute atomic E-state index is 0.108. The molecule has 0 bridgehead atoms. The number of hydrogen-bond acceptors (Lipinski definition) is 3. The molecule has 0 aliphatic heterocycles. The summed E-state index contributed by atoms with van der Waals surface area (Å²) in [6.07, 6.45) is 0.111. The van der Waals surface area contributed by atoms with E-state index in [1.165, 1.54) is 0 Å². The van der Waals surface area contributed by atoms with Crippen molar-refractivity contribution >= 4 is 17.6 Å². The summed E-state index contributed by atoms with van der Waals surface area (Å²) in [6, 6.07) is 9.09. The lowest BCUT2D eigenvalue weighted by Crippen LogP contribution is -2.52. The van der Waals surface area contributed by atoms with Crippen molar-refractivity contribution in [1.29, 1.82) is 0 Å². The SMILES string of the molecule is NC(Cc1ccccc1)(OCCCl)C(=O)O. The van der Waals surface area contributed by atoms with Gasteiger partial charge < -0.3 is 9.84 Å². The average molecular weight is 244 g/mol. The molecule has 1 rings (SSSR count). The van der Waals surface area contributed by atoms with Crippen molar-refractivity contribution in [1.82, 2.24) is 0 Å². The van der Waals surface area contributed by atoms with Crippen LogP contribution < -0.4 is 5.73 Å². The van der Waals surface area contributed by atoms with Gasteiger partial charge in [0.1, 0.15) is 0 Å². The fraction of sp³-hybridized carbons (Fsp3) is 0.364. The third-order valence-electron chi connectivity index (χ3n) is 2.11. The summed E-state index contributed by atoms with van der Waals surface area (Å²) in [5, 5.41) is 9.03. The van der Waals surface area contributed by atoms with Gasteiger partial charge in [-0.2, -0.15) is 0 Å². The summed E-state index contributed by atoms with van der Waals surface area (Å²) < 4.78 is 5.09. The number of carboxylic acids is 1. The molecule has 0 aliphatic rings. The van der Waals surface area contributed by atoms with Gasteiger partial charge in [-0.15, -0.1) is 11.6 Å². The molecule has 0 saturated carbocycles. The quantitative estimate of drug-likeness (QED) is 0.582. The molecule has 1 aromatic carbocycles. The third kappa shape index (κ3) is 3.48. The highest BCUT2D eigenvalue weighted by molar-refractivity contribution is 6.18. The molecule has 3 N–H and O–H groups in total. The van der Waals surface area contributed by atoms with Crippen LogP contribution in [0, 0.1) is 0 Å². The summed E-state index contributed by atoms with van der Waals surface area (Å²) >= 11 is 5.44. The summed E-state index contributed by atoms with van der Waals surface area (Å²) in [5.41, 5.74) is 4.77. The molecule has 4 nitrogen and oxygen atoms in total. The van der Waals surface area contributed by atoms with Crippen LogP contribution in [0.3, 0.4) is 0 Å². The van der Waals surface area contributed by atoms with Gasteiger partial charge >= 0.3 is 5.97 Å². The molecule has 0 aliphatic carbocycles. The van der Waals surface area contributed by atoms with E-state index in [4.69, 9.17) is 27.2 Å². The van der Waals surface area contributed by atoms with Crippen LogP contribution in [-0.2, 0) is 16.0 Å². The molecule has 1 atom stereocenters. The molecule has 16 heavy (non-hydrogen) atoms. The van der Waals surface area contributed by atoms with Crippen molar-refractivity contribution in [2.75, 3.05) is 12.5 Å². The van der Waals surface area contributed by atoms with Crippen LogP contribution in [0.4, 0.5) is 0 Å². The molecule has 1 unspecified atom stereocenters. The molecule has 0 radical (unpaired) electrons. The van der Waals surface area contributed by atoms with Gasteiger partial charge in [0, 0.05) is 12.3 Å². The van der Waals surface area contributed by atoms with Gasteiger partial charge in [-0.1, -0.05) is 30.3 Å². The molecule has 0 aromatic heterocycles. The first kappa shape index (κ1) is 13.0. The highest BCUT2D eigenvalue weighted by Crippen LogP contribution is 2.13. The Kier molecular flexibility index (Phi) is 4.73. The number of alkyl halides is 1. The van der Waals surface area contributed by atoms with Gasteiger partial charge in [0.2, 0.25) is 5.72 Å². The fourth-order valence-corrected chi connectivity index (χ4v) is 1.39. The lowest BCUT2D eigenvalue weighted by Gasteiger charge is -2.24. The smallest absolute Gasteiger partial charge is 0.351 e. The molecule has 0 fully saturated rings. The Morgan fingerprint density at radius 1 is 1.44 bits per heavy atom. The van der Waals surface area contributed by atoms with E-state index in [2.05, 4.69) is 0 Å². The Bertz CT molecular complexity index is 344. The highest BCUT2D eigenvalue weighted by atomic mass is 35.5. The van der Waals surface area contributed by atoms with Gasteiger partial charge in [-0.25, -0.2) is 4.79 Å². The standard InChI is InChI=1S/C11H14ClNO3/c12-6-7-16-11(13,10(14)15)8-9-4-2-1-3-5-9/h1-5H,6-8,13H2,(H,14,15). The second-order valence-corrected chi connectivity index (χ2v) is 3.77. The van der Waals surface area contributed by atoms with Crippen molar-refractivity contribution in [3.8, 4) is 0 Å². The number of carboxylic acid groups (broad SMARTS) is 1. The van der Waals surface area contributed by atoms with E-state index in [-0.39, 0.29) is 18.9 Å². The zero-order chi connectivity index (χ0) is 12.0. The van der Waals surface area contributed by atoms with Crippen LogP contribution in [-0.4, -0.2) is 29.3 Å². The van der Waals surface area contributed by atoms with Crippen molar-refractivity contribution in [2.24, 2.45) is 5.73 Å². The largest absolute Gasteiger partial charge is 0.478 e. The first-order valence-electron chi connectivity index (χ1n) is 4.84. The van der Waals surface area contributed by atoms with Gasteiger partial charge in [-0.3, -0.25) is 5.73 Å². The maximum absolute atomic E-state index is 11.0. The fourth-order valence-electron chi connectivity index (χ4n) is 1.31. The highest BCUT2D eigenvalue weighted by Gasteiger charge is 2.35. The van der Waals surface area contributed by atoms with Crippen LogP contribution in [0.15, 0.2) is 30.3 Å². The first-order chi connectivity index (χ1) is 7.58. The minimum atomic E-state index is -1.71. The normalized spacial score (nSPS) is 14.4.